The van der Waals surface area contributed by atoms with E-state index in [1.54, 1.807) is 11.8 Å². The molecule has 1 saturated heterocycles. The molecule has 1 heterocycles. The highest BCUT2D eigenvalue weighted by Crippen LogP contribution is 2.44. The van der Waals surface area contributed by atoms with Crippen molar-refractivity contribution in [3.05, 3.63) is 88.0 Å². The molecular weight excluding hydrogens is 519 g/mol. The van der Waals surface area contributed by atoms with Gasteiger partial charge >= 0.3 is 16.6 Å². The highest BCUT2D eigenvalue weighted by Gasteiger charge is 2.30. The second-order valence-electron chi connectivity index (χ2n) is 9.85. The monoisotopic (exact) mass is 548 g/mol. The van der Waals surface area contributed by atoms with Crippen LogP contribution in [-0.2, 0) is 21.8 Å². The molecule has 0 aromatic heterocycles. The second-order valence-corrected chi connectivity index (χ2v) is 10.8. The van der Waals surface area contributed by atoms with Gasteiger partial charge in [0.15, 0.2) is 0 Å². The molecule has 1 aliphatic heterocycles. The van der Waals surface area contributed by atoms with Crippen LogP contribution in [0.2, 0.25) is 0 Å². The van der Waals surface area contributed by atoms with E-state index < -0.39 is 10.5 Å². The molecular formula is C30H29FN2O5S. The summed E-state index contributed by atoms with van der Waals surface area (Å²) < 4.78 is 45.8. The van der Waals surface area contributed by atoms with Crippen molar-refractivity contribution in [2.75, 3.05) is 32.8 Å². The average Bonchev–Trinajstić information content (AvgIpc) is 3.24. The van der Waals surface area contributed by atoms with E-state index in [4.69, 9.17) is 11.2 Å². The second kappa shape index (κ2) is 10.7. The molecule has 0 bridgehead atoms. The van der Waals surface area contributed by atoms with E-state index in [0.717, 1.165) is 11.1 Å². The van der Waals surface area contributed by atoms with Crippen LogP contribution in [0.5, 0.6) is 5.75 Å². The summed E-state index contributed by atoms with van der Waals surface area (Å²) in [5.74, 6) is 2.43. The Balaban J connectivity index is 1.21. The SMILES string of the molecule is C#Cc1c(C)c(CN2CCN(C(=O)OCC3c4ccccc4-c4ccccc43)CC2)cc(OS(=O)(=O)F)c1C. The third kappa shape index (κ3) is 5.49. The number of ether oxygens (including phenoxy) is 1. The topological polar surface area (TPSA) is 76.2 Å². The maximum absolute atomic E-state index is 13.2. The van der Waals surface area contributed by atoms with Crippen molar-refractivity contribution < 1.29 is 26.0 Å². The van der Waals surface area contributed by atoms with E-state index in [1.165, 1.54) is 28.3 Å². The number of hydrogen-bond acceptors (Lipinski definition) is 6. The molecule has 0 radical (unpaired) electrons. The molecule has 0 unspecified atom stereocenters. The fraction of sp³-hybridized carbons (Fsp3) is 0.300. The predicted octanol–water partition coefficient (Wildman–Crippen LogP) is 4.94. The molecule has 5 rings (SSSR count). The van der Waals surface area contributed by atoms with Gasteiger partial charge in [-0.2, -0.15) is 8.42 Å². The zero-order valence-corrected chi connectivity index (χ0v) is 22.6. The molecule has 0 spiro atoms. The summed E-state index contributed by atoms with van der Waals surface area (Å²) in [6, 6.07) is 17.9. The zero-order chi connectivity index (χ0) is 27.7. The maximum Gasteiger partial charge on any atom is 0.488 e. The molecule has 39 heavy (non-hydrogen) atoms. The summed E-state index contributed by atoms with van der Waals surface area (Å²) in [5.41, 5.74) is 7.10. The molecule has 3 aromatic carbocycles. The van der Waals surface area contributed by atoms with Gasteiger partial charge in [-0.15, -0.1) is 6.42 Å². The van der Waals surface area contributed by atoms with Crippen molar-refractivity contribution >= 4 is 16.6 Å². The Morgan fingerprint density at radius 3 is 2.15 bits per heavy atom. The first-order valence-corrected chi connectivity index (χ1v) is 14.0. The molecule has 1 fully saturated rings. The number of hydrogen-bond donors (Lipinski definition) is 0. The lowest BCUT2D eigenvalue weighted by molar-refractivity contribution is 0.0728. The van der Waals surface area contributed by atoms with Crippen molar-refractivity contribution in [3.63, 3.8) is 0 Å². The molecule has 1 amide bonds. The fourth-order valence-corrected chi connectivity index (χ4v) is 5.92. The van der Waals surface area contributed by atoms with E-state index in [-0.39, 0.29) is 24.4 Å². The van der Waals surface area contributed by atoms with E-state index in [9.17, 15) is 17.1 Å². The van der Waals surface area contributed by atoms with Gasteiger partial charge in [0.1, 0.15) is 12.4 Å². The van der Waals surface area contributed by atoms with Crippen LogP contribution in [0.4, 0.5) is 8.68 Å². The van der Waals surface area contributed by atoms with E-state index >= 15 is 0 Å². The van der Waals surface area contributed by atoms with Crippen molar-refractivity contribution in [1.82, 2.24) is 9.80 Å². The third-order valence-corrected chi connectivity index (χ3v) is 7.98. The number of nitrogens with zero attached hydrogens (tertiary/aromatic N) is 2. The Hall–Kier alpha value is -3.87. The molecule has 0 saturated carbocycles. The van der Waals surface area contributed by atoms with E-state index in [0.29, 0.717) is 43.9 Å². The number of rotatable bonds is 6. The van der Waals surface area contributed by atoms with E-state index in [2.05, 4.69) is 39.3 Å². The van der Waals surface area contributed by atoms with Crippen molar-refractivity contribution in [3.8, 4) is 29.2 Å². The third-order valence-electron chi connectivity index (χ3n) is 7.60. The Morgan fingerprint density at radius 2 is 1.59 bits per heavy atom. The smallest absolute Gasteiger partial charge is 0.448 e. The standard InChI is InChI=1S/C30H29FN2O5S/c1-4-23-20(2)22(17-29(21(23)3)38-39(31,35)36)18-32-13-15-33(16-14-32)30(34)37-19-28-26-11-7-5-9-24(26)25-10-6-8-12-27(25)28/h1,5-12,17,28H,13-16,18-19H2,2-3H3. The minimum atomic E-state index is -5.19. The summed E-state index contributed by atoms with van der Waals surface area (Å²) in [5, 5.41) is 0. The van der Waals surface area contributed by atoms with Gasteiger partial charge in [-0.1, -0.05) is 58.3 Å². The Bertz CT molecular complexity index is 1530. The van der Waals surface area contributed by atoms with Crippen LogP contribution in [0, 0.1) is 26.2 Å². The molecule has 0 atom stereocenters. The van der Waals surface area contributed by atoms with Crippen LogP contribution in [0.1, 0.15) is 39.3 Å². The molecule has 0 N–H and O–H groups in total. The Kier molecular flexibility index (Phi) is 7.34. The van der Waals surface area contributed by atoms with Crippen LogP contribution in [0.25, 0.3) is 11.1 Å². The number of carbonyl (C=O) groups is 1. The van der Waals surface area contributed by atoms with Gasteiger partial charge in [0.2, 0.25) is 0 Å². The summed E-state index contributed by atoms with van der Waals surface area (Å²) >= 11 is 0. The van der Waals surface area contributed by atoms with Gasteiger partial charge in [-0.25, -0.2) is 4.79 Å². The van der Waals surface area contributed by atoms with Gasteiger partial charge in [0.25, 0.3) is 0 Å². The van der Waals surface area contributed by atoms with Gasteiger partial charge < -0.3 is 13.8 Å². The van der Waals surface area contributed by atoms with Crippen LogP contribution >= 0.6 is 0 Å². The van der Waals surface area contributed by atoms with Crippen LogP contribution in [0.3, 0.4) is 0 Å². The number of carbonyl (C=O) groups excluding carboxylic acids is 1. The lowest BCUT2D eigenvalue weighted by Crippen LogP contribution is -2.48. The largest absolute Gasteiger partial charge is 0.488 e. The number of amides is 1. The van der Waals surface area contributed by atoms with Crippen LogP contribution in [-0.4, -0.2) is 57.1 Å². The molecule has 1 aliphatic carbocycles. The minimum Gasteiger partial charge on any atom is -0.448 e. The Labute approximate surface area is 228 Å². The number of terminal acetylenes is 1. The number of halogens is 1. The average molecular weight is 549 g/mol. The summed E-state index contributed by atoms with van der Waals surface area (Å²) in [4.78, 5) is 16.8. The normalized spacial score (nSPS) is 15.4. The predicted molar refractivity (Wildman–Crippen MR) is 146 cm³/mol. The molecule has 2 aliphatic rings. The van der Waals surface area contributed by atoms with Crippen LogP contribution in [0.15, 0.2) is 54.6 Å². The molecule has 9 heteroatoms. The molecule has 202 valence electrons. The van der Waals surface area contributed by atoms with Gasteiger partial charge in [-0.3, -0.25) is 4.90 Å². The maximum atomic E-state index is 13.2. The highest BCUT2D eigenvalue weighted by molar-refractivity contribution is 7.81. The molecule has 7 nitrogen and oxygen atoms in total. The fourth-order valence-electron chi connectivity index (χ4n) is 5.53. The number of fused-ring (bicyclic) bond motifs is 3. The lowest BCUT2D eigenvalue weighted by Gasteiger charge is -2.34. The van der Waals surface area contributed by atoms with Gasteiger partial charge in [-0.05, 0) is 53.3 Å². The highest BCUT2D eigenvalue weighted by atomic mass is 32.3. The zero-order valence-electron chi connectivity index (χ0n) is 21.8. The minimum absolute atomic E-state index is 0.00190. The van der Waals surface area contributed by atoms with Crippen LogP contribution < -0.4 is 4.18 Å². The first-order chi connectivity index (χ1) is 18.7. The Morgan fingerprint density at radius 1 is 1.00 bits per heavy atom. The number of piperazine rings is 1. The molecule has 3 aromatic rings. The summed E-state index contributed by atoms with van der Waals surface area (Å²) in [6.45, 7) is 6.28. The summed E-state index contributed by atoms with van der Waals surface area (Å²) in [6.07, 6.45) is 5.30. The van der Waals surface area contributed by atoms with Gasteiger partial charge in [0, 0.05) is 49.8 Å². The number of benzene rings is 3. The van der Waals surface area contributed by atoms with Crippen molar-refractivity contribution in [2.24, 2.45) is 0 Å². The van der Waals surface area contributed by atoms with Crippen molar-refractivity contribution in [2.45, 2.75) is 26.3 Å². The first kappa shape index (κ1) is 26.7. The van der Waals surface area contributed by atoms with Crippen molar-refractivity contribution in [1.29, 1.82) is 0 Å². The quantitative estimate of drug-likeness (QED) is 0.321. The lowest BCUT2D eigenvalue weighted by atomic mass is 9.96. The first-order valence-electron chi connectivity index (χ1n) is 12.7. The van der Waals surface area contributed by atoms with E-state index in [1.807, 2.05) is 31.2 Å². The summed E-state index contributed by atoms with van der Waals surface area (Å²) in [7, 11) is -5.19. The van der Waals surface area contributed by atoms with Gasteiger partial charge in [0.05, 0.1) is 0 Å².